The molecule has 0 spiro atoms. The first kappa shape index (κ1) is 13.9. The summed E-state index contributed by atoms with van der Waals surface area (Å²) in [6.07, 6.45) is 3.71. The van der Waals surface area contributed by atoms with Gasteiger partial charge in [-0.15, -0.1) is 0 Å². The van der Waals surface area contributed by atoms with Crippen molar-refractivity contribution in [2.75, 3.05) is 7.05 Å². The Kier molecular flexibility index (Phi) is 4.45. The normalized spacial score (nSPS) is 12.4. The molecule has 1 atom stereocenters. The van der Waals surface area contributed by atoms with Gasteiger partial charge in [0.25, 0.3) is 0 Å². The Bertz CT molecular complexity index is 553. The second-order valence-electron chi connectivity index (χ2n) is 4.51. The van der Waals surface area contributed by atoms with Crippen LogP contribution in [0.25, 0.3) is 0 Å². The van der Waals surface area contributed by atoms with E-state index in [0.717, 1.165) is 11.1 Å². The van der Waals surface area contributed by atoms with Crippen LogP contribution in [-0.4, -0.2) is 16.8 Å². The van der Waals surface area contributed by atoms with Gasteiger partial charge in [-0.2, -0.15) is 5.10 Å². The Morgan fingerprint density at radius 3 is 2.84 bits per heavy atom. The lowest BCUT2D eigenvalue weighted by Crippen LogP contribution is -2.12. The van der Waals surface area contributed by atoms with Crippen molar-refractivity contribution in [1.29, 1.82) is 0 Å². The molecule has 5 heteroatoms. The molecule has 1 aromatic heterocycles. The van der Waals surface area contributed by atoms with Crippen LogP contribution in [0.3, 0.4) is 0 Å². The number of nitrogens with zero attached hydrogens (tertiary/aromatic N) is 2. The number of hydrogen-bond acceptors (Lipinski definition) is 3. The Balaban J connectivity index is 2.05. The van der Waals surface area contributed by atoms with Gasteiger partial charge in [0.2, 0.25) is 0 Å². The van der Waals surface area contributed by atoms with Crippen molar-refractivity contribution >= 4 is 11.6 Å². The van der Waals surface area contributed by atoms with Crippen molar-refractivity contribution in [3.05, 3.63) is 46.7 Å². The van der Waals surface area contributed by atoms with Crippen molar-refractivity contribution in [2.24, 2.45) is 7.05 Å². The van der Waals surface area contributed by atoms with Gasteiger partial charge in [0.1, 0.15) is 12.4 Å². The fourth-order valence-corrected chi connectivity index (χ4v) is 2.02. The Morgan fingerprint density at radius 2 is 2.26 bits per heavy atom. The van der Waals surface area contributed by atoms with Gasteiger partial charge < -0.3 is 10.1 Å². The molecular formula is C14H18ClN3O. The van der Waals surface area contributed by atoms with Crippen LogP contribution in [0.4, 0.5) is 0 Å². The van der Waals surface area contributed by atoms with Gasteiger partial charge in [0, 0.05) is 24.8 Å². The first-order chi connectivity index (χ1) is 9.10. The highest BCUT2D eigenvalue weighted by molar-refractivity contribution is 6.32. The summed E-state index contributed by atoms with van der Waals surface area (Å²) < 4.78 is 7.45. The molecule has 0 aliphatic rings. The minimum atomic E-state index is 0.268. The lowest BCUT2D eigenvalue weighted by Gasteiger charge is -2.13. The summed E-state index contributed by atoms with van der Waals surface area (Å²) in [7, 11) is 3.80. The fourth-order valence-electron chi connectivity index (χ4n) is 1.78. The molecule has 0 fully saturated rings. The van der Waals surface area contributed by atoms with Crippen LogP contribution >= 0.6 is 11.6 Å². The van der Waals surface area contributed by atoms with Crippen LogP contribution in [0.5, 0.6) is 5.75 Å². The third-order valence-electron chi connectivity index (χ3n) is 3.04. The average Bonchev–Trinajstić information content (AvgIpc) is 2.82. The SMILES string of the molecule is CNC(C)c1ccc(OCc2cnn(C)c2)c(Cl)c1. The smallest absolute Gasteiger partial charge is 0.138 e. The maximum atomic E-state index is 6.23. The first-order valence-electron chi connectivity index (χ1n) is 6.17. The molecule has 1 N–H and O–H groups in total. The number of aromatic nitrogens is 2. The van der Waals surface area contributed by atoms with Gasteiger partial charge in [-0.1, -0.05) is 17.7 Å². The van der Waals surface area contributed by atoms with E-state index in [1.807, 2.05) is 38.5 Å². The number of aryl methyl sites for hydroxylation is 1. The Morgan fingerprint density at radius 1 is 1.47 bits per heavy atom. The van der Waals surface area contributed by atoms with Crippen LogP contribution in [0.2, 0.25) is 5.02 Å². The second kappa shape index (κ2) is 6.08. The van der Waals surface area contributed by atoms with Crippen LogP contribution in [0, 0.1) is 0 Å². The van der Waals surface area contributed by atoms with Crippen LogP contribution in [-0.2, 0) is 13.7 Å². The third kappa shape index (κ3) is 3.49. The number of nitrogens with one attached hydrogen (secondary N) is 1. The van der Waals surface area contributed by atoms with Crippen LogP contribution in [0.15, 0.2) is 30.6 Å². The standard InChI is InChI=1S/C14H18ClN3O/c1-10(16-2)12-4-5-14(13(15)6-12)19-9-11-7-17-18(3)8-11/h4-8,10,16H,9H2,1-3H3. The topological polar surface area (TPSA) is 39.1 Å². The van der Waals surface area contributed by atoms with E-state index in [9.17, 15) is 0 Å². The lowest BCUT2D eigenvalue weighted by atomic mass is 10.1. The monoisotopic (exact) mass is 279 g/mol. The van der Waals surface area contributed by atoms with Crippen molar-refractivity contribution in [1.82, 2.24) is 15.1 Å². The summed E-state index contributed by atoms with van der Waals surface area (Å²) in [5.41, 5.74) is 2.16. The van der Waals surface area contributed by atoms with E-state index in [2.05, 4.69) is 17.3 Å². The molecule has 0 amide bonds. The molecule has 2 rings (SSSR count). The van der Waals surface area contributed by atoms with E-state index in [4.69, 9.17) is 16.3 Å². The van der Waals surface area contributed by atoms with E-state index < -0.39 is 0 Å². The van der Waals surface area contributed by atoms with Crippen molar-refractivity contribution in [3.63, 3.8) is 0 Å². The molecule has 102 valence electrons. The van der Waals surface area contributed by atoms with Crippen molar-refractivity contribution < 1.29 is 4.74 Å². The van der Waals surface area contributed by atoms with Gasteiger partial charge in [-0.25, -0.2) is 0 Å². The quantitative estimate of drug-likeness (QED) is 0.915. The molecule has 2 aromatic rings. The summed E-state index contributed by atoms with van der Waals surface area (Å²) in [6.45, 7) is 2.55. The number of halogens is 1. The Hall–Kier alpha value is -1.52. The lowest BCUT2D eigenvalue weighted by molar-refractivity contribution is 0.306. The highest BCUT2D eigenvalue weighted by atomic mass is 35.5. The summed E-state index contributed by atoms with van der Waals surface area (Å²) in [5, 5.41) is 7.90. The van der Waals surface area contributed by atoms with Crippen molar-refractivity contribution in [2.45, 2.75) is 19.6 Å². The van der Waals surface area contributed by atoms with Gasteiger partial charge in [-0.05, 0) is 31.7 Å². The highest BCUT2D eigenvalue weighted by Crippen LogP contribution is 2.28. The predicted octanol–water partition coefficient (Wildman–Crippen LogP) is 2.93. The third-order valence-corrected chi connectivity index (χ3v) is 3.34. The highest BCUT2D eigenvalue weighted by Gasteiger charge is 2.08. The molecule has 1 aromatic carbocycles. The number of rotatable bonds is 5. The fraction of sp³-hybridized carbons (Fsp3) is 0.357. The molecule has 0 saturated heterocycles. The molecule has 1 unspecified atom stereocenters. The largest absolute Gasteiger partial charge is 0.487 e. The van der Waals surface area contributed by atoms with E-state index in [0.29, 0.717) is 17.4 Å². The predicted molar refractivity (Wildman–Crippen MR) is 76.5 cm³/mol. The molecule has 4 nitrogen and oxygen atoms in total. The van der Waals surface area contributed by atoms with Crippen LogP contribution in [0.1, 0.15) is 24.1 Å². The first-order valence-corrected chi connectivity index (χ1v) is 6.55. The summed E-state index contributed by atoms with van der Waals surface area (Å²) in [4.78, 5) is 0. The van der Waals surface area contributed by atoms with E-state index in [1.54, 1.807) is 10.9 Å². The summed E-state index contributed by atoms with van der Waals surface area (Å²) in [5.74, 6) is 0.692. The van der Waals surface area contributed by atoms with E-state index in [1.165, 1.54) is 0 Å². The molecule has 19 heavy (non-hydrogen) atoms. The minimum absolute atomic E-state index is 0.268. The second-order valence-corrected chi connectivity index (χ2v) is 4.92. The number of ether oxygens (including phenoxy) is 1. The summed E-state index contributed by atoms with van der Waals surface area (Å²) in [6, 6.07) is 6.12. The van der Waals surface area contributed by atoms with E-state index in [-0.39, 0.29) is 6.04 Å². The number of hydrogen-bond donors (Lipinski definition) is 1. The number of benzene rings is 1. The molecule has 1 heterocycles. The maximum absolute atomic E-state index is 6.23. The van der Waals surface area contributed by atoms with Gasteiger partial charge >= 0.3 is 0 Å². The minimum Gasteiger partial charge on any atom is -0.487 e. The zero-order valence-electron chi connectivity index (χ0n) is 11.4. The summed E-state index contributed by atoms with van der Waals surface area (Å²) >= 11 is 6.23. The molecular weight excluding hydrogens is 262 g/mol. The van der Waals surface area contributed by atoms with Crippen molar-refractivity contribution in [3.8, 4) is 5.75 Å². The molecule has 0 radical (unpaired) electrons. The van der Waals surface area contributed by atoms with Gasteiger partial charge in [0.15, 0.2) is 0 Å². The van der Waals surface area contributed by atoms with E-state index >= 15 is 0 Å². The maximum Gasteiger partial charge on any atom is 0.138 e. The molecule has 0 aliphatic heterocycles. The zero-order chi connectivity index (χ0) is 13.8. The van der Waals surface area contributed by atoms with Gasteiger partial charge in [0.05, 0.1) is 11.2 Å². The molecule has 0 saturated carbocycles. The van der Waals surface area contributed by atoms with Gasteiger partial charge in [-0.3, -0.25) is 4.68 Å². The zero-order valence-corrected chi connectivity index (χ0v) is 12.1. The molecule has 0 aliphatic carbocycles. The molecule has 0 bridgehead atoms. The van der Waals surface area contributed by atoms with Crippen LogP contribution < -0.4 is 10.1 Å². The average molecular weight is 280 g/mol. The Labute approximate surface area is 118 Å².